The number of rotatable bonds is 14. The number of fused-ring (bicyclic) bond motifs is 2. The minimum Gasteiger partial charge on any atom is -0.496 e. The van der Waals surface area contributed by atoms with Crippen molar-refractivity contribution in [3.8, 4) is 16.9 Å². The van der Waals surface area contributed by atoms with Crippen LogP contribution in [0.5, 0.6) is 5.75 Å². The second-order valence-electron chi connectivity index (χ2n) is 16.6. The van der Waals surface area contributed by atoms with Gasteiger partial charge in [-0.15, -0.1) is 0 Å². The quantitative estimate of drug-likeness (QED) is 0.164. The molecule has 7 rings (SSSR count). The number of hydroxylamine groups is 2. The highest BCUT2D eigenvalue weighted by Crippen LogP contribution is 2.61. The summed E-state index contributed by atoms with van der Waals surface area (Å²) < 4.78 is 6.79. The van der Waals surface area contributed by atoms with Gasteiger partial charge in [-0.25, -0.2) is 0 Å². The van der Waals surface area contributed by atoms with Crippen molar-refractivity contribution in [3.05, 3.63) is 87.9 Å². The highest BCUT2D eigenvalue weighted by atomic mass is 79.9. The lowest BCUT2D eigenvalue weighted by Gasteiger charge is -2.62. The monoisotopic (exact) mass is 804 g/mol. The summed E-state index contributed by atoms with van der Waals surface area (Å²) in [5.41, 5.74) is 4.24. The van der Waals surface area contributed by atoms with E-state index in [9.17, 15) is 19.8 Å². The van der Waals surface area contributed by atoms with Gasteiger partial charge in [0.1, 0.15) is 17.9 Å². The molecule has 1 heterocycles. The van der Waals surface area contributed by atoms with Gasteiger partial charge in [0.2, 0.25) is 5.91 Å². The molecule has 0 spiro atoms. The fraction of sp³-hybridized carbons (Fsp3) is 0.535. The number of halogens is 1. The van der Waals surface area contributed by atoms with E-state index in [4.69, 9.17) is 9.57 Å². The highest BCUT2D eigenvalue weighted by molar-refractivity contribution is 9.10. The van der Waals surface area contributed by atoms with Crippen LogP contribution >= 0.6 is 15.9 Å². The van der Waals surface area contributed by atoms with Crippen LogP contribution < -0.4 is 15.4 Å². The fourth-order valence-corrected chi connectivity index (χ4v) is 9.97. The number of para-hydroxylation sites is 1. The van der Waals surface area contributed by atoms with Crippen molar-refractivity contribution in [2.45, 2.75) is 83.8 Å². The van der Waals surface area contributed by atoms with Gasteiger partial charge in [-0.1, -0.05) is 85.2 Å². The Hall–Kier alpha value is -3.32. The molecule has 3 aliphatic carbocycles. The van der Waals surface area contributed by atoms with Crippen molar-refractivity contribution < 1.29 is 29.4 Å². The standard InChI is InChI=1S/C43H57BrN4O6/c1-25-35-20-31(43(35,3)4)21-36(25)46-42(52)39-38(26(2)50)37(24-49)54-48(39)22-28-14-11-15-34(40(28)53-7)29-17-30(19-32(44)18-29)41(51)45-33(23-47(5)6)16-27-12-9-8-10-13-27/h8-15,17-19,25-26,31,33,35-39,49-50H,16,20-24H2,1-7H3,(H,45,51)(H,46,52)/t25-,26-,31+,33-,35+,36-,37-,38+,39-/m0/s1. The second-order valence-corrected chi connectivity index (χ2v) is 17.5. The molecule has 3 aromatic carbocycles. The predicted molar refractivity (Wildman–Crippen MR) is 214 cm³/mol. The van der Waals surface area contributed by atoms with Crippen LogP contribution in [0.25, 0.3) is 11.1 Å². The minimum absolute atomic E-state index is 0.0382. The van der Waals surface area contributed by atoms with Crippen LogP contribution in [0.4, 0.5) is 0 Å². The van der Waals surface area contributed by atoms with Crippen molar-refractivity contribution in [2.75, 3.05) is 34.4 Å². The van der Waals surface area contributed by atoms with Crippen LogP contribution in [0.2, 0.25) is 0 Å². The van der Waals surface area contributed by atoms with Crippen LogP contribution in [0, 0.1) is 29.1 Å². The molecule has 2 bridgehead atoms. The summed E-state index contributed by atoms with van der Waals surface area (Å²) in [5.74, 6) is 1.01. The van der Waals surface area contributed by atoms with Crippen molar-refractivity contribution in [1.29, 1.82) is 0 Å². The van der Waals surface area contributed by atoms with E-state index < -0.39 is 24.2 Å². The topological polar surface area (TPSA) is 124 Å². The molecule has 4 aliphatic rings. The lowest BCUT2D eigenvalue weighted by atomic mass is 9.45. The first-order valence-corrected chi connectivity index (χ1v) is 20.0. The Morgan fingerprint density at radius 2 is 1.83 bits per heavy atom. The molecule has 10 nitrogen and oxygen atoms in total. The molecule has 3 aromatic rings. The Bertz CT molecular complexity index is 1790. The number of aliphatic hydroxyl groups excluding tert-OH is 2. The average Bonchev–Trinajstić information content (AvgIpc) is 3.50. The Balaban J connectivity index is 1.25. The number of amides is 2. The molecular formula is C43H57BrN4O6. The van der Waals surface area contributed by atoms with Crippen molar-refractivity contribution in [1.82, 2.24) is 20.6 Å². The minimum atomic E-state index is -0.900. The Kier molecular flexibility index (Phi) is 12.6. The number of nitrogens with zero attached hydrogens (tertiary/aromatic N) is 2. The first kappa shape index (κ1) is 40.3. The Morgan fingerprint density at radius 3 is 2.46 bits per heavy atom. The first-order chi connectivity index (χ1) is 25.7. The third kappa shape index (κ3) is 8.41. The number of carbonyl (C=O) groups is 2. The summed E-state index contributed by atoms with van der Waals surface area (Å²) >= 11 is 3.64. The van der Waals surface area contributed by atoms with Crippen molar-refractivity contribution >= 4 is 27.7 Å². The van der Waals surface area contributed by atoms with E-state index in [2.05, 4.69) is 64.4 Å². The van der Waals surface area contributed by atoms with Gasteiger partial charge in [0, 0.05) is 45.7 Å². The number of methoxy groups -OCH3 is 1. The van der Waals surface area contributed by atoms with E-state index in [0.717, 1.165) is 33.1 Å². The number of likely N-dealkylation sites (N-methyl/N-ethyl adjacent to an activating group) is 1. The fourth-order valence-electron chi connectivity index (χ4n) is 9.48. The Morgan fingerprint density at radius 1 is 1.09 bits per heavy atom. The van der Waals surface area contributed by atoms with Gasteiger partial charge in [-0.2, -0.15) is 5.06 Å². The molecule has 0 aromatic heterocycles. The van der Waals surface area contributed by atoms with Crippen LogP contribution in [-0.2, 0) is 22.6 Å². The molecule has 3 saturated carbocycles. The van der Waals surface area contributed by atoms with Crippen molar-refractivity contribution in [2.24, 2.45) is 29.1 Å². The number of benzene rings is 3. The first-order valence-electron chi connectivity index (χ1n) is 19.2. The molecule has 4 fully saturated rings. The van der Waals surface area contributed by atoms with E-state index in [1.807, 2.05) is 68.7 Å². The summed E-state index contributed by atoms with van der Waals surface area (Å²) in [6.45, 7) is 9.06. The van der Waals surface area contributed by atoms with E-state index in [0.29, 0.717) is 42.0 Å². The van der Waals surface area contributed by atoms with E-state index in [1.54, 1.807) is 19.1 Å². The molecule has 292 valence electrons. The molecule has 0 radical (unpaired) electrons. The number of ether oxygens (including phenoxy) is 1. The molecule has 54 heavy (non-hydrogen) atoms. The molecule has 11 heteroatoms. The number of nitrogens with one attached hydrogen (secondary N) is 2. The van der Waals surface area contributed by atoms with E-state index >= 15 is 0 Å². The third-order valence-corrected chi connectivity index (χ3v) is 12.9. The zero-order valence-electron chi connectivity index (χ0n) is 32.6. The predicted octanol–water partition coefficient (Wildman–Crippen LogP) is 5.69. The molecular weight excluding hydrogens is 748 g/mol. The van der Waals surface area contributed by atoms with E-state index in [-0.39, 0.29) is 42.5 Å². The van der Waals surface area contributed by atoms with Gasteiger partial charge in [0.15, 0.2) is 0 Å². The largest absolute Gasteiger partial charge is 0.496 e. The normalized spacial score (nSPS) is 27.2. The molecule has 1 saturated heterocycles. The van der Waals surface area contributed by atoms with Gasteiger partial charge in [-0.05, 0) is 92.8 Å². The molecule has 9 atom stereocenters. The van der Waals surface area contributed by atoms with Crippen LogP contribution in [0.15, 0.2) is 71.2 Å². The van der Waals surface area contributed by atoms with Crippen LogP contribution in [0.1, 0.15) is 62.0 Å². The molecule has 1 aliphatic heterocycles. The maximum Gasteiger partial charge on any atom is 0.251 e. The smallest absolute Gasteiger partial charge is 0.251 e. The highest BCUT2D eigenvalue weighted by Gasteiger charge is 2.57. The van der Waals surface area contributed by atoms with Gasteiger partial charge < -0.3 is 30.5 Å². The SMILES string of the molecule is COc1c(CN2O[C@@H](CO)[C@@H]([C@H](C)O)[C@H]2C(=O)N[C@H]2C[C@H]3C[C@H]([C@@H]2C)C3(C)C)cccc1-c1cc(Br)cc(C(=O)N[C@@H](Cc2ccccc2)CN(C)C)c1. The van der Waals surface area contributed by atoms with Crippen LogP contribution in [0.3, 0.4) is 0 Å². The van der Waals surface area contributed by atoms with Gasteiger partial charge in [0.25, 0.3) is 5.91 Å². The van der Waals surface area contributed by atoms with Crippen LogP contribution in [-0.4, -0.2) is 96.7 Å². The molecule has 4 N–H and O–H groups in total. The zero-order chi connectivity index (χ0) is 38.9. The van der Waals surface area contributed by atoms with E-state index in [1.165, 1.54) is 6.42 Å². The molecule has 0 unspecified atom stereocenters. The second kappa shape index (κ2) is 16.8. The number of hydrogen-bond donors (Lipinski definition) is 4. The number of aliphatic hydroxyl groups is 2. The Labute approximate surface area is 328 Å². The maximum atomic E-state index is 14.2. The molecule has 2 amide bonds. The van der Waals surface area contributed by atoms with Gasteiger partial charge in [-0.3, -0.25) is 14.4 Å². The van der Waals surface area contributed by atoms with Crippen molar-refractivity contribution in [3.63, 3.8) is 0 Å². The maximum absolute atomic E-state index is 14.2. The summed E-state index contributed by atoms with van der Waals surface area (Å²) in [5, 5.41) is 29.5. The van der Waals surface area contributed by atoms with Gasteiger partial charge >= 0.3 is 0 Å². The average molecular weight is 806 g/mol. The summed E-state index contributed by atoms with van der Waals surface area (Å²) in [7, 11) is 5.60. The lowest BCUT2D eigenvalue weighted by molar-refractivity contribution is -0.183. The lowest BCUT2D eigenvalue weighted by Crippen LogP contribution is -2.62. The summed E-state index contributed by atoms with van der Waals surface area (Å²) in [6, 6.07) is 20.7. The summed E-state index contributed by atoms with van der Waals surface area (Å²) in [6.07, 6.45) is 1.18. The van der Waals surface area contributed by atoms with Gasteiger partial charge in [0.05, 0.1) is 26.4 Å². The number of hydrogen-bond acceptors (Lipinski definition) is 8. The number of carbonyl (C=O) groups excluding carboxylic acids is 2. The zero-order valence-corrected chi connectivity index (χ0v) is 34.2. The third-order valence-electron chi connectivity index (χ3n) is 12.4. The summed E-state index contributed by atoms with van der Waals surface area (Å²) in [4.78, 5) is 36.4.